The van der Waals surface area contributed by atoms with E-state index in [2.05, 4.69) is 9.72 Å². The third-order valence-corrected chi connectivity index (χ3v) is 3.93. The SMILES string of the molecule is Cc1cccc(COc2cc[n+](CC(=O)c3ccc(OC(F)(F)F)cc3)cc2)n1.[Br-]. The van der Waals surface area contributed by atoms with Crippen LogP contribution in [0.2, 0.25) is 0 Å². The molecule has 3 rings (SSSR count). The van der Waals surface area contributed by atoms with Crippen LogP contribution in [0.3, 0.4) is 0 Å². The lowest BCUT2D eigenvalue weighted by Crippen LogP contribution is -3.00. The molecule has 30 heavy (non-hydrogen) atoms. The van der Waals surface area contributed by atoms with Gasteiger partial charge in [-0.15, -0.1) is 13.2 Å². The van der Waals surface area contributed by atoms with E-state index >= 15 is 0 Å². The smallest absolute Gasteiger partial charge is 0.573 e. The zero-order valence-corrected chi connectivity index (χ0v) is 17.5. The van der Waals surface area contributed by atoms with Crippen molar-refractivity contribution in [2.75, 3.05) is 0 Å². The number of carbonyl (C=O) groups is 1. The number of ether oxygens (including phenoxy) is 2. The first-order valence-corrected chi connectivity index (χ1v) is 8.72. The Bertz CT molecular complexity index is 978. The monoisotopic (exact) mass is 482 g/mol. The molecule has 0 fully saturated rings. The molecule has 0 N–H and O–H groups in total. The van der Waals surface area contributed by atoms with Crippen LogP contribution in [0.25, 0.3) is 0 Å². The number of aromatic nitrogens is 2. The summed E-state index contributed by atoms with van der Waals surface area (Å²) in [6, 6.07) is 14.0. The van der Waals surface area contributed by atoms with Crippen LogP contribution in [-0.2, 0) is 13.2 Å². The van der Waals surface area contributed by atoms with Crippen molar-refractivity contribution in [3.63, 3.8) is 0 Å². The molecule has 0 unspecified atom stereocenters. The van der Waals surface area contributed by atoms with E-state index in [1.807, 2.05) is 25.1 Å². The predicted molar refractivity (Wildman–Crippen MR) is 97.4 cm³/mol. The molecule has 0 aliphatic rings. The minimum absolute atomic E-state index is 0. The number of nitrogens with zero attached hydrogens (tertiary/aromatic N) is 2. The molecule has 0 bridgehead atoms. The van der Waals surface area contributed by atoms with E-state index in [4.69, 9.17) is 4.74 Å². The highest BCUT2D eigenvalue weighted by Gasteiger charge is 2.31. The van der Waals surface area contributed by atoms with Crippen LogP contribution in [0.4, 0.5) is 13.2 Å². The third kappa shape index (κ3) is 7.14. The van der Waals surface area contributed by atoms with Gasteiger partial charge in [0.1, 0.15) is 18.1 Å². The Kier molecular flexibility index (Phi) is 7.93. The highest BCUT2D eigenvalue weighted by atomic mass is 79.9. The summed E-state index contributed by atoms with van der Waals surface area (Å²) in [4.78, 5) is 16.7. The summed E-state index contributed by atoms with van der Waals surface area (Å²) in [5.74, 6) is 0.0168. The molecule has 5 nitrogen and oxygen atoms in total. The van der Waals surface area contributed by atoms with E-state index in [1.54, 1.807) is 29.1 Å². The summed E-state index contributed by atoms with van der Waals surface area (Å²) in [6.07, 6.45) is -1.38. The molecule has 0 spiro atoms. The summed E-state index contributed by atoms with van der Waals surface area (Å²) in [7, 11) is 0. The van der Waals surface area contributed by atoms with Crippen molar-refractivity contribution < 1.29 is 49.0 Å². The number of benzene rings is 1. The van der Waals surface area contributed by atoms with Gasteiger partial charge in [0, 0.05) is 23.4 Å². The molecule has 1 aromatic carbocycles. The largest absolute Gasteiger partial charge is 1.00 e. The summed E-state index contributed by atoms with van der Waals surface area (Å²) < 4.78 is 47.7. The van der Waals surface area contributed by atoms with Gasteiger partial charge in [0.15, 0.2) is 12.4 Å². The number of hydrogen-bond acceptors (Lipinski definition) is 4. The number of hydrogen-bond donors (Lipinski definition) is 0. The van der Waals surface area contributed by atoms with Gasteiger partial charge in [0.05, 0.1) is 5.69 Å². The van der Waals surface area contributed by atoms with Crippen LogP contribution in [0.5, 0.6) is 11.5 Å². The quantitative estimate of drug-likeness (QED) is 0.373. The van der Waals surface area contributed by atoms with Gasteiger partial charge >= 0.3 is 6.36 Å². The van der Waals surface area contributed by atoms with E-state index in [1.165, 1.54) is 12.1 Å². The van der Waals surface area contributed by atoms with Crippen LogP contribution < -0.4 is 31.0 Å². The van der Waals surface area contributed by atoms with Crippen LogP contribution >= 0.6 is 0 Å². The number of halogens is 4. The lowest BCUT2D eigenvalue weighted by Gasteiger charge is -2.08. The van der Waals surface area contributed by atoms with Crippen LogP contribution in [0, 0.1) is 6.92 Å². The molecule has 158 valence electrons. The van der Waals surface area contributed by atoms with Gasteiger partial charge in [-0.1, -0.05) is 6.07 Å². The summed E-state index contributed by atoms with van der Waals surface area (Å²) >= 11 is 0. The van der Waals surface area contributed by atoms with Gasteiger partial charge in [-0.2, -0.15) is 4.57 Å². The van der Waals surface area contributed by atoms with Crippen molar-refractivity contribution >= 4 is 5.78 Å². The third-order valence-electron chi connectivity index (χ3n) is 3.93. The minimum Gasteiger partial charge on any atom is -1.00 e. The summed E-state index contributed by atoms with van der Waals surface area (Å²) in [6.45, 7) is 2.28. The zero-order valence-electron chi connectivity index (χ0n) is 15.9. The fraction of sp³-hybridized carbons (Fsp3) is 0.190. The number of carbonyl (C=O) groups excluding carboxylic acids is 1. The molecule has 2 heterocycles. The molecule has 2 aromatic heterocycles. The highest BCUT2D eigenvalue weighted by Crippen LogP contribution is 2.22. The number of rotatable bonds is 7. The standard InChI is InChI=1S/C21H18F3N2O3.BrH/c1-15-3-2-4-17(25-15)14-28-18-9-11-26(12-10-18)13-20(27)16-5-7-19(8-6-16)29-21(22,23)24;/h2-12H,13-14H2,1H3;1H/q+1;/p-1. The van der Waals surface area contributed by atoms with E-state index < -0.39 is 6.36 Å². The fourth-order valence-corrected chi connectivity index (χ4v) is 2.58. The average Bonchev–Trinajstić information content (AvgIpc) is 2.67. The van der Waals surface area contributed by atoms with Gasteiger partial charge in [-0.05, 0) is 43.3 Å². The normalized spacial score (nSPS) is 10.8. The second-order valence-corrected chi connectivity index (χ2v) is 6.26. The lowest BCUT2D eigenvalue weighted by atomic mass is 10.1. The number of pyridine rings is 2. The van der Waals surface area contributed by atoms with Crippen molar-refractivity contribution in [1.29, 1.82) is 0 Å². The Morgan fingerprint density at radius 1 is 1.00 bits per heavy atom. The summed E-state index contributed by atoms with van der Waals surface area (Å²) in [5, 5.41) is 0. The molecule has 0 aliphatic carbocycles. The minimum atomic E-state index is -4.76. The molecule has 0 saturated heterocycles. The van der Waals surface area contributed by atoms with E-state index in [0.717, 1.165) is 23.5 Å². The van der Waals surface area contributed by atoms with Crippen LogP contribution in [0.15, 0.2) is 67.0 Å². The van der Waals surface area contributed by atoms with Crippen molar-refractivity contribution in [2.45, 2.75) is 26.4 Å². The maximum atomic E-state index is 12.3. The topological polar surface area (TPSA) is 52.3 Å². The molecular formula is C21H18BrF3N2O3. The molecular weight excluding hydrogens is 465 g/mol. The fourth-order valence-electron chi connectivity index (χ4n) is 2.58. The number of alkyl halides is 3. The molecule has 0 aliphatic heterocycles. The van der Waals surface area contributed by atoms with Crippen molar-refractivity contribution in [3.8, 4) is 11.5 Å². The highest BCUT2D eigenvalue weighted by molar-refractivity contribution is 5.95. The van der Waals surface area contributed by atoms with Gasteiger partial charge in [-0.3, -0.25) is 9.78 Å². The maximum Gasteiger partial charge on any atom is 0.573 e. The predicted octanol–water partition coefficient (Wildman–Crippen LogP) is 1.04. The van der Waals surface area contributed by atoms with Gasteiger partial charge < -0.3 is 26.5 Å². The Morgan fingerprint density at radius 3 is 2.27 bits per heavy atom. The van der Waals surface area contributed by atoms with Crippen molar-refractivity contribution in [1.82, 2.24) is 4.98 Å². The Labute approximate surface area is 181 Å². The van der Waals surface area contributed by atoms with E-state index in [-0.39, 0.29) is 40.6 Å². The molecule has 0 radical (unpaired) electrons. The molecule has 0 amide bonds. The Balaban J connectivity index is 0.00000320. The number of ketones is 1. The average molecular weight is 483 g/mol. The molecule has 3 aromatic rings. The van der Waals surface area contributed by atoms with Crippen LogP contribution in [-0.4, -0.2) is 17.1 Å². The molecule has 9 heteroatoms. The first-order valence-electron chi connectivity index (χ1n) is 8.72. The first-order chi connectivity index (χ1) is 13.8. The zero-order chi connectivity index (χ0) is 20.9. The number of aryl methyl sites for hydroxylation is 1. The maximum absolute atomic E-state index is 12.3. The molecule has 0 atom stereocenters. The van der Waals surface area contributed by atoms with E-state index in [9.17, 15) is 18.0 Å². The first kappa shape index (κ1) is 23.3. The Hall–Kier alpha value is -2.94. The second kappa shape index (κ2) is 10.2. The van der Waals surface area contributed by atoms with Crippen molar-refractivity contribution in [2.24, 2.45) is 0 Å². The Morgan fingerprint density at radius 2 is 1.67 bits per heavy atom. The van der Waals surface area contributed by atoms with Crippen LogP contribution in [0.1, 0.15) is 21.7 Å². The van der Waals surface area contributed by atoms with Crippen molar-refractivity contribution in [3.05, 3.63) is 83.9 Å². The second-order valence-electron chi connectivity index (χ2n) is 6.26. The van der Waals surface area contributed by atoms with E-state index in [0.29, 0.717) is 12.4 Å². The van der Waals surface area contributed by atoms with Gasteiger partial charge in [0.2, 0.25) is 12.3 Å². The van der Waals surface area contributed by atoms with Gasteiger partial charge in [-0.25, -0.2) is 0 Å². The number of Topliss-reactive ketones (excluding diaryl/α,β-unsaturated/α-hetero) is 1. The lowest BCUT2D eigenvalue weighted by molar-refractivity contribution is -0.683. The molecule has 0 saturated carbocycles. The summed E-state index contributed by atoms with van der Waals surface area (Å²) in [5.41, 5.74) is 2.02. The van der Waals surface area contributed by atoms with Gasteiger partial charge in [0.25, 0.3) is 0 Å².